The number of carbonyl (C=O) groups is 1. The monoisotopic (exact) mass is 214 g/mol. The summed E-state index contributed by atoms with van der Waals surface area (Å²) >= 11 is 0. The van der Waals surface area contributed by atoms with Crippen LogP contribution < -0.4 is 4.74 Å². The minimum absolute atomic E-state index is 0.00962. The molecular formula is C10H11FO4. The molecule has 0 atom stereocenters. The van der Waals surface area contributed by atoms with Crippen LogP contribution in [-0.2, 0) is 11.2 Å². The number of benzene rings is 1. The number of carboxylic acids is 1. The Balaban J connectivity index is 2.90. The van der Waals surface area contributed by atoms with Crippen LogP contribution in [0.3, 0.4) is 0 Å². The number of aromatic hydroxyl groups is 1. The van der Waals surface area contributed by atoms with Gasteiger partial charge in [-0.3, -0.25) is 4.79 Å². The first kappa shape index (κ1) is 11.3. The number of methoxy groups -OCH3 is 1. The SMILES string of the molecule is COc1cc(CCC(=O)O)cc(F)c1O. The summed E-state index contributed by atoms with van der Waals surface area (Å²) in [6, 6.07) is 2.52. The van der Waals surface area contributed by atoms with Crippen molar-refractivity contribution >= 4 is 5.97 Å². The number of carboxylic acid groups (broad SMARTS) is 1. The third-order valence-corrected chi connectivity index (χ3v) is 1.94. The molecule has 0 aromatic heterocycles. The van der Waals surface area contributed by atoms with Gasteiger partial charge in [0.25, 0.3) is 0 Å². The summed E-state index contributed by atoms with van der Waals surface area (Å²) in [5, 5.41) is 17.6. The van der Waals surface area contributed by atoms with Crippen LogP contribution in [-0.4, -0.2) is 23.3 Å². The van der Waals surface area contributed by atoms with Crippen molar-refractivity contribution in [1.29, 1.82) is 0 Å². The fourth-order valence-electron chi connectivity index (χ4n) is 1.18. The second kappa shape index (κ2) is 4.63. The van der Waals surface area contributed by atoms with Crippen LogP contribution in [0.25, 0.3) is 0 Å². The maximum absolute atomic E-state index is 13.1. The number of phenols is 1. The number of hydrogen-bond donors (Lipinski definition) is 2. The van der Waals surface area contributed by atoms with Crippen molar-refractivity contribution in [2.45, 2.75) is 12.8 Å². The summed E-state index contributed by atoms with van der Waals surface area (Å²) in [4.78, 5) is 10.3. The largest absolute Gasteiger partial charge is 0.502 e. The van der Waals surface area contributed by atoms with E-state index in [-0.39, 0.29) is 18.6 Å². The Morgan fingerprint density at radius 3 is 2.73 bits per heavy atom. The van der Waals surface area contributed by atoms with Crippen LogP contribution in [0, 0.1) is 5.82 Å². The molecule has 1 rings (SSSR count). The van der Waals surface area contributed by atoms with Crippen LogP contribution in [0.4, 0.5) is 4.39 Å². The Morgan fingerprint density at radius 2 is 2.20 bits per heavy atom. The first-order valence-corrected chi connectivity index (χ1v) is 4.31. The van der Waals surface area contributed by atoms with Gasteiger partial charge >= 0.3 is 5.97 Å². The zero-order valence-electron chi connectivity index (χ0n) is 8.16. The highest BCUT2D eigenvalue weighted by atomic mass is 19.1. The van der Waals surface area contributed by atoms with Crippen molar-refractivity contribution in [3.8, 4) is 11.5 Å². The van der Waals surface area contributed by atoms with E-state index in [1.807, 2.05) is 0 Å². The van der Waals surface area contributed by atoms with E-state index in [4.69, 9.17) is 9.84 Å². The van der Waals surface area contributed by atoms with Gasteiger partial charge in [-0.05, 0) is 24.1 Å². The number of hydrogen-bond acceptors (Lipinski definition) is 3. The fourth-order valence-corrected chi connectivity index (χ4v) is 1.18. The maximum Gasteiger partial charge on any atom is 0.303 e. The molecule has 0 aliphatic rings. The zero-order valence-corrected chi connectivity index (χ0v) is 8.16. The molecule has 0 aliphatic heterocycles. The molecule has 4 nitrogen and oxygen atoms in total. The molecule has 0 radical (unpaired) electrons. The molecule has 0 amide bonds. The van der Waals surface area contributed by atoms with E-state index in [9.17, 15) is 14.3 Å². The van der Waals surface area contributed by atoms with Gasteiger partial charge in [0, 0.05) is 6.42 Å². The number of aryl methyl sites for hydroxylation is 1. The summed E-state index contributed by atoms with van der Waals surface area (Å²) in [5.74, 6) is -2.32. The van der Waals surface area contributed by atoms with E-state index in [0.717, 1.165) is 6.07 Å². The van der Waals surface area contributed by atoms with Crippen molar-refractivity contribution in [2.24, 2.45) is 0 Å². The lowest BCUT2D eigenvalue weighted by Crippen LogP contribution is -1.98. The number of halogens is 1. The van der Waals surface area contributed by atoms with Crippen molar-refractivity contribution in [2.75, 3.05) is 7.11 Å². The minimum Gasteiger partial charge on any atom is -0.502 e. The summed E-state index contributed by atoms with van der Waals surface area (Å²) < 4.78 is 17.8. The first-order chi connectivity index (χ1) is 7.04. The highest BCUT2D eigenvalue weighted by Crippen LogP contribution is 2.30. The zero-order chi connectivity index (χ0) is 11.4. The average Bonchev–Trinajstić information content (AvgIpc) is 2.19. The van der Waals surface area contributed by atoms with Gasteiger partial charge in [0.15, 0.2) is 17.3 Å². The summed E-state index contributed by atoms with van der Waals surface area (Å²) in [7, 11) is 1.30. The molecule has 0 unspecified atom stereocenters. The van der Waals surface area contributed by atoms with Crippen molar-refractivity contribution in [3.63, 3.8) is 0 Å². The third kappa shape index (κ3) is 2.83. The Bertz CT molecular complexity index is 376. The molecular weight excluding hydrogens is 203 g/mol. The molecule has 0 fully saturated rings. The Labute approximate surface area is 85.9 Å². The molecule has 0 heterocycles. The number of rotatable bonds is 4. The van der Waals surface area contributed by atoms with Crippen molar-refractivity contribution < 1.29 is 24.1 Å². The topological polar surface area (TPSA) is 66.8 Å². The molecule has 5 heteroatoms. The highest BCUT2D eigenvalue weighted by Gasteiger charge is 2.10. The molecule has 2 N–H and O–H groups in total. The molecule has 1 aromatic carbocycles. The number of phenolic OH excluding ortho intramolecular Hbond substituents is 1. The number of aliphatic carboxylic acids is 1. The molecule has 0 aliphatic carbocycles. The highest BCUT2D eigenvalue weighted by molar-refractivity contribution is 5.67. The van der Waals surface area contributed by atoms with Crippen molar-refractivity contribution in [3.05, 3.63) is 23.5 Å². The van der Waals surface area contributed by atoms with E-state index in [1.54, 1.807) is 0 Å². The molecule has 15 heavy (non-hydrogen) atoms. The average molecular weight is 214 g/mol. The standard InChI is InChI=1S/C10H11FO4/c1-15-8-5-6(2-3-9(12)13)4-7(11)10(8)14/h4-5,14H,2-3H2,1H3,(H,12,13). The van der Waals surface area contributed by atoms with Crippen LogP contribution in [0.5, 0.6) is 11.5 Å². The Morgan fingerprint density at radius 1 is 1.53 bits per heavy atom. The number of ether oxygens (including phenoxy) is 1. The minimum atomic E-state index is -0.956. The smallest absolute Gasteiger partial charge is 0.303 e. The van der Waals surface area contributed by atoms with Crippen LogP contribution in [0.2, 0.25) is 0 Å². The Hall–Kier alpha value is -1.78. The van der Waals surface area contributed by atoms with Crippen LogP contribution in [0.15, 0.2) is 12.1 Å². The van der Waals surface area contributed by atoms with Crippen molar-refractivity contribution in [1.82, 2.24) is 0 Å². The van der Waals surface area contributed by atoms with Gasteiger partial charge in [0.2, 0.25) is 0 Å². The second-order valence-corrected chi connectivity index (χ2v) is 3.02. The van der Waals surface area contributed by atoms with Gasteiger partial charge in [0.05, 0.1) is 7.11 Å². The normalized spacial score (nSPS) is 10.0. The molecule has 0 saturated carbocycles. The van der Waals surface area contributed by atoms with E-state index in [2.05, 4.69) is 0 Å². The van der Waals surface area contributed by atoms with Gasteiger partial charge in [-0.2, -0.15) is 0 Å². The van der Waals surface area contributed by atoms with Gasteiger partial charge in [-0.15, -0.1) is 0 Å². The maximum atomic E-state index is 13.1. The van der Waals surface area contributed by atoms with E-state index >= 15 is 0 Å². The first-order valence-electron chi connectivity index (χ1n) is 4.31. The van der Waals surface area contributed by atoms with Gasteiger partial charge in [0.1, 0.15) is 0 Å². The molecule has 0 saturated heterocycles. The quantitative estimate of drug-likeness (QED) is 0.798. The summed E-state index contributed by atoms with van der Waals surface area (Å²) in [5.41, 5.74) is 0.476. The molecule has 1 aromatic rings. The summed E-state index contributed by atoms with van der Waals surface area (Å²) in [6.07, 6.45) is 0.107. The van der Waals surface area contributed by atoms with E-state index in [0.29, 0.717) is 5.56 Å². The lowest BCUT2D eigenvalue weighted by Gasteiger charge is -2.06. The van der Waals surface area contributed by atoms with Gasteiger partial charge < -0.3 is 14.9 Å². The third-order valence-electron chi connectivity index (χ3n) is 1.94. The van der Waals surface area contributed by atoms with Crippen LogP contribution in [0.1, 0.15) is 12.0 Å². The van der Waals surface area contributed by atoms with E-state index < -0.39 is 17.5 Å². The van der Waals surface area contributed by atoms with Gasteiger partial charge in [-0.1, -0.05) is 0 Å². The molecule has 0 bridgehead atoms. The van der Waals surface area contributed by atoms with Crippen LogP contribution >= 0.6 is 0 Å². The van der Waals surface area contributed by atoms with E-state index in [1.165, 1.54) is 13.2 Å². The lowest BCUT2D eigenvalue weighted by molar-refractivity contribution is -0.136. The summed E-state index contributed by atoms with van der Waals surface area (Å²) in [6.45, 7) is 0. The predicted molar refractivity (Wildman–Crippen MR) is 50.6 cm³/mol. The second-order valence-electron chi connectivity index (χ2n) is 3.02. The fraction of sp³-hybridized carbons (Fsp3) is 0.300. The lowest BCUT2D eigenvalue weighted by atomic mass is 10.1. The van der Waals surface area contributed by atoms with Gasteiger partial charge in [-0.25, -0.2) is 4.39 Å². The molecule has 0 spiro atoms. The molecule has 82 valence electrons. The Kier molecular flexibility index (Phi) is 3.49. The predicted octanol–water partition coefficient (Wildman–Crippen LogP) is 1.56.